The van der Waals surface area contributed by atoms with Gasteiger partial charge in [0.25, 0.3) is 0 Å². The van der Waals surface area contributed by atoms with Crippen LogP contribution in [-0.2, 0) is 20.8 Å². The highest BCUT2D eigenvalue weighted by Crippen LogP contribution is 2.05. The summed E-state index contributed by atoms with van der Waals surface area (Å²) in [5, 5.41) is 5.12. The monoisotopic (exact) mass is 339 g/mol. The van der Waals surface area contributed by atoms with Crippen molar-refractivity contribution in [3.63, 3.8) is 0 Å². The van der Waals surface area contributed by atoms with Gasteiger partial charge in [-0.2, -0.15) is 0 Å². The third-order valence-corrected chi connectivity index (χ3v) is 3.55. The highest BCUT2D eigenvalue weighted by atomic mass is 35.5. The number of nitrogens with one attached hydrogen (secondary N) is 2. The van der Waals surface area contributed by atoms with Crippen LogP contribution in [0.15, 0.2) is 30.3 Å². The van der Waals surface area contributed by atoms with Gasteiger partial charge in [-0.25, -0.2) is 0 Å². The molecule has 0 aromatic heterocycles. The zero-order chi connectivity index (χ0) is 17.4. The quantitative estimate of drug-likeness (QED) is 0.596. The van der Waals surface area contributed by atoms with Crippen LogP contribution >= 0.6 is 11.6 Å². The first-order valence-corrected chi connectivity index (χ1v) is 7.87. The van der Waals surface area contributed by atoms with E-state index in [1.165, 1.54) is 13.8 Å². The van der Waals surface area contributed by atoms with E-state index in [0.29, 0.717) is 6.42 Å². The molecular weight excluding hydrogens is 318 g/mol. The Labute approximate surface area is 140 Å². The van der Waals surface area contributed by atoms with Gasteiger partial charge < -0.3 is 16.4 Å². The molecule has 0 saturated heterocycles. The number of ketones is 1. The molecule has 126 valence electrons. The molecule has 1 aromatic carbocycles. The van der Waals surface area contributed by atoms with Crippen molar-refractivity contribution < 1.29 is 14.4 Å². The number of amides is 2. The highest BCUT2D eigenvalue weighted by molar-refractivity contribution is 6.28. The van der Waals surface area contributed by atoms with E-state index < -0.39 is 29.9 Å². The molecule has 4 N–H and O–H groups in total. The standard InChI is InChI=1S/C16H22ClN3O3/c1-10(18)15(22)19-11(2)16(23)20-13(14(21)9-17)8-12-6-4-3-5-7-12/h3-7,10-11,13H,8-9,18H2,1-2H3,(H,19,22)(H,20,23)/t10-,11-,13+/m0/s1. The molecule has 0 spiro atoms. The molecule has 7 heteroatoms. The molecule has 0 aliphatic heterocycles. The van der Waals surface area contributed by atoms with Gasteiger partial charge in [0.15, 0.2) is 5.78 Å². The minimum Gasteiger partial charge on any atom is -0.344 e. The summed E-state index contributed by atoms with van der Waals surface area (Å²) < 4.78 is 0. The molecule has 2 amide bonds. The molecule has 1 rings (SSSR count). The van der Waals surface area contributed by atoms with Crippen LogP contribution in [-0.4, -0.2) is 41.6 Å². The molecule has 0 fully saturated rings. The van der Waals surface area contributed by atoms with Crippen LogP contribution in [0.3, 0.4) is 0 Å². The highest BCUT2D eigenvalue weighted by Gasteiger charge is 2.24. The first-order valence-electron chi connectivity index (χ1n) is 7.34. The molecule has 0 saturated carbocycles. The predicted molar refractivity (Wildman–Crippen MR) is 89.1 cm³/mol. The third-order valence-electron chi connectivity index (χ3n) is 3.29. The minimum atomic E-state index is -0.796. The predicted octanol–water partition coefficient (Wildman–Crippen LogP) is 0.374. The average molecular weight is 340 g/mol. The molecule has 0 aliphatic rings. The first kappa shape index (κ1) is 19.1. The Morgan fingerprint density at radius 1 is 1.09 bits per heavy atom. The number of hydrogen-bond acceptors (Lipinski definition) is 4. The molecule has 0 radical (unpaired) electrons. The van der Waals surface area contributed by atoms with Crippen molar-refractivity contribution in [2.45, 2.75) is 38.4 Å². The van der Waals surface area contributed by atoms with Gasteiger partial charge in [-0.05, 0) is 25.8 Å². The second-order valence-corrected chi connectivity index (χ2v) is 5.64. The maximum absolute atomic E-state index is 12.2. The molecular formula is C16H22ClN3O3. The van der Waals surface area contributed by atoms with Crippen molar-refractivity contribution >= 4 is 29.2 Å². The van der Waals surface area contributed by atoms with Crippen molar-refractivity contribution in [1.29, 1.82) is 0 Å². The first-order chi connectivity index (χ1) is 10.8. The zero-order valence-electron chi connectivity index (χ0n) is 13.2. The van der Waals surface area contributed by atoms with Gasteiger partial charge in [0, 0.05) is 0 Å². The summed E-state index contributed by atoms with van der Waals surface area (Å²) in [5.74, 6) is -1.37. The molecule has 0 heterocycles. The lowest BCUT2D eigenvalue weighted by atomic mass is 10.0. The number of nitrogens with two attached hydrogens (primary N) is 1. The number of benzene rings is 1. The number of alkyl halides is 1. The summed E-state index contributed by atoms with van der Waals surface area (Å²) in [4.78, 5) is 35.6. The summed E-state index contributed by atoms with van der Waals surface area (Å²) in [6.45, 7) is 3.05. The van der Waals surface area contributed by atoms with Crippen LogP contribution in [0.1, 0.15) is 19.4 Å². The van der Waals surface area contributed by atoms with Gasteiger partial charge in [-0.3, -0.25) is 14.4 Å². The van der Waals surface area contributed by atoms with E-state index >= 15 is 0 Å². The molecule has 1 aromatic rings. The van der Waals surface area contributed by atoms with Gasteiger partial charge in [0.1, 0.15) is 6.04 Å². The summed E-state index contributed by atoms with van der Waals surface area (Å²) in [6.07, 6.45) is 0.339. The van der Waals surface area contributed by atoms with Crippen molar-refractivity contribution in [2.24, 2.45) is 5.73 Å². The topological polar surface area (TPSA) is 101 Å². The van der Waals surface area contributed by atoms with Crippen molar-refractivity contribution in [1.82, 2.24) is 10.6 Å². The Hall–Kier alpha value is -1.92. The van der Waals surface area contributed by atoms with Crippen LogP contribution in [0.5, 0.6) is 0 Å². The lowest BCUT2D eigenvalue weighted by Crippen LogP contribution is -2.53. The Morgan fingerprint density at radius 3 is 2.22 bits per heavy atom. The Kier molecular flexibility index (Phi) is 7.71. The summed E-state index contributed by atoms with van der Waals surface area (Å²) in [7, 11) is 0. The molecule has 6 nitrogen and oxygen atoms in total. The second kappa shape index (κ2) is 9.27. The van der Waals surface area contributed by atoms with Crippen LogP contribution in [0.25, 0.3) is 0 Å². The number of carbonyl (C=O) groups is 3. The lowest BCUT2D eigenvalue weighted by molar-refractivity contribution is -0.131. The maximum atomic E-state index is 12.2. The Balaban J connectivity index is 2.71. The molecule has 0 bridgehead atoms. The van der Waals surface area contributed by atoms with E-state index in [0.717, 1.165) is 5.56 Å². The van der Waals surface area contributed by atoms with Crippen molar-refractivity contribution in [2.75, 3.05) is 5.88 Å². The Morgan fingerprint density at radius 2 is 1.70 bits per heavy atom. The van der Waals surface area contributed by atoms with Crippen LogP contribution in [0, 0.1) is 0 Å². The van der Waals surface area contributed by atoms with Crippen molar-refractivity contribution in [3.8, 4) is 0 Å². The van der Waals surface area contributed by atoms with Crippen LogP contribution in [0.2, 0.25) is 0 Å². The molecule has 0 aliphatic carbocycles. The van der Waals surface area contributed by atoms with Gasteiger partial charge in [0.05, 0.1) is 18.0 Å². The maximum Gasteiger partial charge on any atom is 0.242 e. The van der Waals surface area contributed by atoms with E-state index in [9.17, 15) is 14.4 Å². The molecule has 23 heavy (non-hydrogen) atoms. The lowest BCUT2D eigenvalue weighted by Gasteiger charge is -2.21. The normalized spacial score (nSPS) is 14.4. The van der Waals surface area contributed by atoms with E-state index in [1.807, 2.05) is 30.3 Å². The number of halogens is 1. The fourth-order valence-electron chi connectivity index (χ4n) is 1.90. The fourth-order valence-corrected chi connectivity index (χ4v) is 2.08. The van der Waals surface area contributed by atoms with Gasteiger partial charge >= 0.3 is 0 Å². The van der Waals surface area contributed by atoms with E-state index in [-0.39, 0.29) is 11.7 Å². The number of carbonyl (C=O) groups excluding carboxylic acids is 3. The van der Waals surface area contributed by atoms with Crippen LogP contribution < -0.4 is 16.4 Å². The molecule has 0 unspecified atom stereocenters. The second-order valence-electron chi connectivity index (χ2n) is 5.37. The van der Waals surface area contributed by atoms with E-state index in [4.69, 9.17) is 17.3 Å². The van der Waals surface area contributed by atoms with E-state index in [2.05, 4.69) is 10.6 Å². The van der Waals surface area contributed by atoms with Gasteiger partial charge in [0.2, 0.25) is 11.8 Å². The Bertz CT molecular complexity index is 549. The molecule has 3 atom stereocenters. The largest absolute Gasteiger partial charge is 0.344 e. The van der Waals surface area contributed by atoms with Gasteiger partial charge in [-0.1, -0.05) is 30.3 Å². The summed E-state index contributed by atoms with van der Waals surface area (Å²) >= 11 is 5.61. The summed E-state index contributed by atoms with van der Waals surface area (Å²) in [5.41, 5.74) is 6.35. The SMILES string of the molecule is C[C@H](N)C(=O)N[C@@H](C)C(=O)N[C@H](Cc1ccccc1)C(=O)CCl. The average Bonchev–Trinajstić information content (AvgIpc) is 2.54. The van der Waals surface area contributed by atoms with Crippen molar-refractivity contribution in [3.05, 3.63) is 35.9 Å². The van der Waals surface area contributed by atoms with Gasteiger partial charge in [-0.15, -0.1) is 11.6 Å². The minimum absolute atomic E-state index is 0.196. The zero-order valence-corrected chi connectivity index (χ0v) is 14.0. The third kappa shape index (κ3) is 6.38. The van der Waals surface area contributed by atoms with E-state index in [1.54, 1.807) is 0 Å². The number of hydrogen-bond donors (Lipinski definition) is 3. The number of rotatable bonds is 8. The smallest absolute Gasteiger partial charge is 0.242 e. The van der Waals surface area contributed by atoms with Crippen LogP contribution in [0.4, 0.5) is 0 Å². The number of Topliss-reactive ketones (excluding diaryl/α,β-unsaturated/α-hetero) is 1. The summed E-state index contributed by atoms with van der Waals surface area (Å²) in [6, 6.07) is 7.05. The fraction of sp³-hybridized carbons (Fsp3) is 0.438.